The van der Waals surface area contributed by atoms with E-state index in [0.29, 0.717) is 19.3 Å². The zero-order valence-electron chi connectivity index (χ0n) is 10.7. The average molecular weight is 240 g/mol. The largest absolute Gasteiger partial charge is 0.459 e. The molecule has 1 rings (SSSR count). The molecule has 0 heterocycles. The Labute approximate surface area is 102 Å². The molecule has 1 aliphatic rings. The van der Waals surface area contributed by atoms with Gasteiger partial charge in [-0.3, -0.25) is 9.59 Å². The van der Waals surface area contributed by atoms with Gasteiger partial charge in [-0.15, -0.1) is 0 Å². The number of Topliss-reactive ketones (excluding diaryl/α,β-unsaturated/α-hetero) is 1. The number of rotatable bonds is 4. The number of aldehydes is 1. The molecule has 0 amide bonds. The Morgan fingerprint density at radius 3 is 2.53 bits per heavy atom. The van der Waals surface area contributed by atoms with Gasteiger partial charge in [-0.05, 0) is 40.0 Å². The third-order valence-corrected chi connectivity index (χ3v) is 3.02. The van der Waals surface area contributed by atoms with Crippen LogP contribution in [-0.4, -0.2) is 23.6 Å². The van der Waals surface area contributed by atoms with Crippen molar-refractivity contribution in [2.75, 3.05) is 0 Å². The first-order chi connectivity index (χ1) is 7.82. The van der Waals surface area contributed by atoms with E-state index in [1.807, 2.05) is 0 Å². The molecule has 0 saturated heterocycles. The van der Waals surface area contributed by atoms with Gasteiger partial charge in [0.2, 0.25) is 0 Å². The molecule has 0 spiro atoms. The molecular weight excluding hydrogens is 220 g/mol. The van der Waals surface area contributed by atoms with Crippen LogP contribution in [0.1, 0.15) is 52.9 Å². The van der Waals surface area contributed by atoms with Gasteiger partial charge in [0.15, 0.2) is 0 Å². The van der Waals surface area contributed by atoms with Gasteiger partial charge in [-0.2, -0.15) is 0 Å². The van der Waals surface area contributed by atoms with E-state index in [0.717, 1.165) is 6.29 Å². The van der Waals surface area contributed by atoms with Crippen LogP contribution in [0.5, 0.6) is 0 Å². The van der Waals surface area contributed by atoms with Crippen LogP contribution in [0.3, 0.4) is 0 Å². The Morgan fingerprint density at radius 2 is 2.12 bits per heavy atom. The van der Waals surface area contributed by atoms with Crippen molar-refractivity contribution in [2.24, 2.45) is 5.41 Å². The predicted octanol–water partition coefficient (Wildman–Crippen LogP) is 2.05. The topological polar surface area (TPSA) is 60.4 Å². The Hall–Kier alpha value is -1.19. The molecule has 4 nitrogen and oxygen atoms in total. The van der Waals surface area contributed by atoms with Crippen LogP contribution < -0.4 is 0 Å². The van der Waals surface area contributed by atoms with Gasteiger partial charge in [0.1, 0.15) is 23.1 Å². The highest BCUT2D eigenvalue weighted by atomic mass is 16.6. The second kappa shape index (κ2) is 4.98. The molecule has 0 bridgehead atoms. The van der Waals surface area contributed by atoms with E-state index >= 15 is 0 Å². The van der Waals surface area contributed by atoms with Crippen molar-refractivity contribution in [3.8, 4) is 0 Å². The maximum absolute atomic E-state index is 12.1. The second-order valence-corrected chi connectivity index (χ2v) is 5.57. The van der Waals surface area contributed by atoms with E-state index in [9.17, 15) is 14.4 Å². The minimum atomic E-state index is -1.06. The van der Waals surface area contributed by atoms with Crippen molar-refractivity contribution in [1.29, 1.82) is 0 Å². The number of hydrogen-bond donors (Lipinski definition) is 0. The highest BCUT2D eigenvalue weighted by Crippen LogP contribution is 2.40. The lowest BCUT2D eigenvalue weighted by atomic mass is 9.80. The summed E-state index contributed by atoms with van der Waals surface area (Å²) in [5.41, 5.74) is -1.66. The molecule has 0 radical (unpaired) electrons. The first-order valence-corrected chi connectivity index (χ1v) is 6.02. The molecule has 0 aliphatic heterocycles. The van der Waals surface area contributed by atoms with Crippen LogP contribution in [0.4, 0.5) is 0 Å². The van der Waals surface area contributed by atoms with E-state index in [-0.39, 0.29) is 18.6 Å². The van der Waals surface area contributed by atoms with E-state index in [4.69, 9.17) is 4.74 Å². The van der Waals surface area contributed by atoms with Crippen molar-refractivity contribution in [3.63, 3.8) is 0 Å². The molecule has 1 fully saturated rings. The summed E-state index contributed by atoms with van der Waals surface area (Å²) in [6.45, 7) is 5.33. The minimum Gasteiger partial charge on any atom is -0.459 e. The number of ketones is 1. The molecule has 96 valence electrons. The van der Waals surface area contributed by atoms with Crippen LogP contribution in [-0.2, 0) is 19.1 Å². The third kappa shape index (κ3) is 3.14. The van der Waals surface area contributed by atoms with E-state index in [1.54, 1.807) is 20.8 Å². The Kier molecular flexibility index (Phi) is 4.07. The number of carbonyl (C=O) groups is 3. The molecule has 17 heavy (non-hydrogen) atoms. The van der Waals surface area contributed by atoms with E-state index in [2.05, 4.69) is 0 Å². The summed E-state index contributed by atoms with van der Waals surface area (Å²) in [6, 6.07) is 0. The average Bonchev–Trinajstić information content (AvgIpc) is 2.55. The summed E-state index contributed by atoms with van der Waals surface area (Å²) in [7, 11) is 0. The number of esters is 1. The number of ether oxygens (including phenoxy) is 1. The molecule has 1 atom stereocenters. The van der Waals surface area contributed by atoms with Crippen LogP contribution in [0, 0.1) is 5.41 Å². The fourth-order valence-corrected chi connectivity index (χ4v) is 2.19. The highest BCUT2D eigenvalue weighted by molar-refractivity contribution is 6.05. The normalized spacial score (nSPS) is 24.8. The quantitative estimate of drug-likeness (QED) is 0.428. The van der Waals surface area contributed by atoms with Crippen molar-refractivity contribution >= 4 is 18.0 Å². The zero-order chi connectivity index (χ0) is 13.1. The molecule has 0 aromatic rings. The number of hydrogen-bond acceptors (Lipinski definition) is 4. The summed E-state index contributed by atoms with van der Waals surface area (Å²) in [5.74, 6) is -0.539. The van der Waals surface area contributed by atoms with Gasteiger partial charge in [-0.25, -0.2) is 0 Å². The van der Waals surface area contributed by atoms with E-state index < -0.39 is 17.0 Å². The fraction of sp³-hybridized carbons (Fsp3) is 0.769. The minimum absolute atomic E-state index is 0.0754. The fourth-order valence-electron chi connectivity index (χ4n) is 2.19. The van der Waals surface area contributed by atoms with Gasteiger partial charge in [0, 0.05) is 12.8 Å². The lowest BCUT2D eigenvalue weighted by molar-refractivity contribution is -0.169. The maximum Gasteiger partial charge on any atom is 0.320 e. The van der Waals surface area contributed by atoms with Crippen LogP contribution in [0.15, 0.2) is 0 Å². The van der Waals surface area contributed by atoms with Gasteiger partial charge in [0.25, 0.3) is 0 Å². The molecule has 1 unspecified atom stereocenters. The molecular formula is C13H20O4. The Balaban J connectivity index is 2.87. The predicted molar refractivity (Wildman–Crippen MR) is 62.4 cm³/mol. The monoisotopic (exact) mass is 240 g/mol. The summed E-state index contributed by atoms with van der Waals surface area (Å²) in [4.78, 5) is 34.5. The summed E-state index contributed by atoms with van der Waals surface area (Å²) in [5, 5.41) is 0. The van der Waals surface area contributed by atoms with Gasteiger partial charge < -0.3 is 9.53 Å². The molecule has 0 aromatic heterocycles. The van der Waals surface area contributed by atoms with Crippen LogP contribution >= 0.6 is 0 Å². The summed E-state index contributed by atoms with van der Waals surface area (Å²) < 4.78 is 5.32. The Morgan fingerprint density at radius 1 is 1.47 bits per heavy atom. The van der Waals surface area contributed by atoms with Crippen molar-refractivity contribution in [3.05, 3.63) is 0 Å². The smallest absolute Gasteiger partial charge is 0.320 e. The van der Waals surface area contributed by atoms with Crippen molar-refractivity contribution in [2.45, 2.75) is 58.5 Å². The Bertz CT molecular complexity index is 327. The molecule has 0 aromatic carbocycles. The molecule has 0 N–H and O–H groups in total. The zero-order valence-corrected chi connectivity index (χ0v) is 10.7. The molecule has 1 aliphatic carbocycles. The molecule has 4 heteroatoms. The second-order valence-electron chi connectivity index (χ2n) is 5.57. The lowest BCUT2D eigenvalue weighted by Gasteiger charge is -2.29. The first kappa shape index (κ1) is 13.9. The molecule has 1 saturated carbocycles. The van der Waals surface area contributed by atoms with Gasteiger partial charge >= 0.3 is 5.97 Å². The van der Waals surface area contributed by atoms with Crippen LogP contribution in [0.2, 0.25) is 0 Å². The van der Waals surface area contributed by atoms with Crippen LogP contribution in [0.25, 0.3) is 0 Å². The SMILES string of the molecule is CC(C)(C)OC(=O)C1(CCC=O)CCCC1=O. The third-order valence-electron chi connectivity index (χ3n) is 3.02. The maximum atomic E-state index is 12.1. The lowest BCUT2D eigenvalue weighted by Crippen LogP contribution is -2.40. The van der Waals surface area contributed by atoms with Crippen molar-refractivity contribution < 1.29 is 19.1 Å². The van der Waals surface area contributed by atoms with Gasteiger partial charge in [-0.1, -0.05) is 0 Å². The van der Waals surface area contributed by atoms with Crippen molar-refractivity contribution in [1.82, 2.24) is 0 Å². The summed E-state index contributed by atoms with van der Waals surface area (Å²) >= 11 is 0. The highest BCUT2D eigenvalue weighted by Gasteiger charge is 2.50. The van der Waals surface area contributed by atoms with E-state index in [1.165, 1.54) is 0 Å². The van der Waals surface area contributed by atoms with Gasteiger partial charge in [0.05, 0.1) is 0 Å². The first-order valence-electron chi connectivity index (χ1n) is 6.02. The summed E-state index contributed by atoms with van der Waals surface area (Å²) in [6.07, 6.45) is 2.89. The number of carbonyl (C=O) groups excluding carboxylic acids is 3. The standard InChI is InChI=1S/C13H20O4/c1-12(2,3)17-11(16)13(8-5-9-14)7-4-6-10(13)15/h9H,4-8H2,1-3H3.